The van der Waals surface area contributed by atoms with Crippen molar-refractivity contribution in [2.24, 2.45) is 0 Å². The van der Waals surface area contributed by atoms with Crippen molar-refractivity contribution in [3.05, 3.63) is 59.7 Å². The number of rotatable bonds is 3. The quantitative estimate of drug-likeness (QED) is 0.858. The van der Waals surface area contributed by atoms with E-state index in [0.29, 0.717) is 17.9 Å². The molecule has 3 nitrogen and oxygen atoms in total. The fraction of sp³-hybridized carbons (Fsp3) is 0.235. The third kappa shape index (κ3) is 2.67. The maximum Gasteiger partial charge on any atom is 0.191 e. The number of carbonyl (C=O) groups is 1. The molecule has 0 spiro atoms. The monoisotopic (exact) mass is 268 g/mol. The minimum atomic E-state index is -0.523. The van der Waals surface area contributed by atoms with E-state index in [1.807, 2.05) is 55.5 Å². The van der Waals surface area contributed by atoms with E-state index in [4.69, 9.17) is 9.47 Å². The summed E-state index contributed by atoms with van der Waals surface area (Å²) in [6.45, 7) is 2.30. The van der Waals surface area contributed by atoms with Crippen molar-refractivity contribution in [3.8, 4) is 11.5 Å². The first-order valence-electron chi connectivity index (χ1n) is 6.69. The summed E-state index contributed by atoms with van der Waals surface area (Å²) in [6, 6.07) is 15.4. The molecule has 2 aromatic rings. The fourth-order valence-electron chi connectivity index (χ4n) is 2.32. The average molecular weight is 268 g/mol. The zero-order chi connectivity index (χ0) is 13.9. The summed E-state index contributed by atoms with van der Waals surface area (Å²) in [4.78, 5) is 12.3. The number of hydrogen-bond donors (Lipinski definition) is 0. The van der Waals surface area contributed by atoms with Crippen molar-refractivity contribution in [2.45, 2.75) is 19.4 Å². The molecule has 0 amide bonds. The molecular formula is C17H16O3. The molecule has 0 saturated heterocycles. The molecule has 0 aliphatic carbocycles. The van der Waals surface area contributed by atoms with Crippen molar-refractivity contribution >= 4 is 5.78 Å². The molecule has 0 N–H and O–H groups in total. The Balaban J connectivity index is 1.70. The first kappa shape index (κ1) is 12.7. The topological polar surface area (TPSA) is 35.5 Å². The lowest BCUT2D eigenvalue weighted by atomic mass is 10.0. The van der Waals surface area contributed by atoms with Crippen LogP contribution in [0, 0.1) is 6.92 Å². The molecule has 1 heterocycles. The van der Waals surface area contributed by atoms with Gasteiger partial charge in [-0.3, -0.25) is 4.79 Å². The number of fused-ring (bicyclic) bond motifs is 1. The smallest absolute Gasteiger partial charge is 0.191 e. The van der Waals surface area contributed by atoms with Crippen molar-refractivity contribution in [1.29, 1.82) is 0 Å². The number of benzene rings is 2. The van der Waals surface area contributed by atoms with Crippen LogP contribution >= 0.6 is 0 Å². The van der Waals surface area contributed by atoms with Crippen LogP contribution in [-0.4, -0.2) is 18.5 Å². The summed E-state index contributed by atoms with van der Waals surface area (Å²) in [5.74, 6) is 1.39. The summed E-state index contributed by atoms with van der Waals surface area (Å²) < 4.78 is 11.3. The molecule has 102 valence electrons. The molecule has 1 unspecified atom stereocenters. The lowest BCUT2D eigenvalue weighted by Crippen LogP contribution is -2.37. The van der Waals surface area contributed by atoms with E-state index < -0.39 is 6.10 Å². The molecule has 20 heavy (non-hydrogen) atoms. The Morgan fingerprint density at radius 2 is 1.95 bits per heavy atom. The van der Waals surface area contributed by atoms with E-state index in [1.165, 1.54) is 0 Å². The maximum atomic E-state index is 12.3. The average Bonchev–Trinajstić information content (AvgIpc) is 2.47. The van der Waals surface area contributed by atoms with Gasteiger partial charge >= 0.3 is 0 Å². The van der Waals surface area contributed by atoms with E-state index in [9.17, 15) is 4.79 Å². The highest BCUT2D eigenvalue weighted by Gasteiger charge is 2.26. The van der Waals surface area contributed by atoms with Gasteiger partial charge in [0, 0.05) is 6.42 Å². The van der Waals surface area contributed by atoms with Gasteiger partial charge in [-0.05, 0) is 24.6 Å². The Hall–Kier alpha value is -2.29. The molecular weight excluding hydrogens is 252 g/mol. The number of ether oxygens (including phenoxy) is 2. The SMILES string of the molecule is Cc1cccc(CC(=O)C2COc3ccccc3O2)c1. The van der Waals surface area contributed by atoms with Crippen molar-refractivity contribution in [3.63, 3.8) is 0 Å². The number of aryl methyl sites for hydroxylation is 1. The summed E-state index contributed by atoms with van der Waals surface area (Å²) >= 11 is 0. The van der Waals surface area contributed by atoms with Gasteiger partial charge < -0.3 is 9.47 Å². The summed E-state index contributed by atoms with van der Waals surface area (Å²) in [5.41, 5.74) is 2.17. The van der Waals surface area contributed by atoms with Crippen LogP contribution in [0.5, 0.6) is 11.5 Å². The predicted molar refractivity (Wildman–Crippen MR) is 76.2 cm³/mol. The zero-order valence-electron chi connectivity index (χ0n) is 11.3. The van der Waals surface area contributed by atoms with Crippen molar-refractivity contribution in [1.82, 2.24) is 0 Å². The van der Waals surface area contributed by atoms with Crippen LogP contribution < -0.4 is 9.47 Å². The van der Waals surface area contributed by atoms with Crippen LogP contribution in [-0.2, 0) is 11.2 Å². The normalized spacial score (nSPS) is 16.8. The zero-order valence-corrected chi connectivity index (χ0v) is 11.3. The molecule has 1 aliphatic rings. The number of carbonyl (C=O) groups excluding carboxylic acids is 1. The Morgan fingerprint density at radius 1 is 1.15 bits per heavy atom. The Morgan fingerprint density at radius 3 is 2.75 bits per heavy atom. The largest absolute Gasteiger partial charge is 0.485 e. The lowest BCUT2D eigenvalue weighted by molar-refractivity contribution is -0.127. The summed E-state index contributed by atoms with van der Waals surface area (Å²) in [5, 5.41) is 0. The van der Waals surface area contributed by atoms with Crippen molar-refractivity contribution < 1.29 is 14.3 Å². The van der Waals surface area contributed by atoms with E-state index in [0.717, 1.165) is 11.1 Å². The highest BCUT2D eigenvalue weighted by Crippen LogP contribution is 2.31. The van der Waals surface area contributed by atoms with E-state index in [1.54, 1.807) is 0 Å². The standard InChI is InChI=1S/C17H16O3/c1-12-5-4-6-13(9-12)10-14(18)17-11-19-15-7-2-3-8-16(15)20-17/h2-9,17H,10-11H2,1H3. The molecule has 0 fully saturated rings. The number of hydrogen-bond acceptors (Lipinski definition) is 3. The highest BCUT2D eigenvalue weighted by molar-refractivity contribution is 5.86. The van der Waals surface area contributed by atoms with E-state index in [2.05, 4.69) is 0 Å². The second-order valence-electron chi connectivity index (χ2n) is 5.00. The number of para-hydroxylation sites is 2. The van der Waals surface area contributed by atoms with Crippen LogP contribution in [0.25, 0.3) is 0 Å². The molecule has 0 aromatic heterocycles. The molecule has 1 atom stereocenters. The van der Waals surface area contributed by atoms with Gasteiger partial charge in [-0.1, -0.05) is 42.0 Å². The number of ketones is 1. The van der Waals surface area contributed by atoms with Crippen molar-refractivity contribution in [2.75, 3.05) is 6.61 Å². The third-order valence-corrected chi connectivity index (χ3v) is 3.33. The fourth-order valence-corrected chi connectivity index (χ4v) is 2.32. The van der Waals surface area contributed by atoms with Gasteiger partial charge in [-0.2, -0.15) is 0 Å². The molecule has 2 aromatic carbocycles. The first-order valence-corrected chi connectivity index (χ1v) is 6.69. The Bertz CT molecular complexity index is 634. The van der Waals surface area contributed by atoms with Crippen LogP contribution in [0.2, 0.25) is 0 Å². The predicted octanol–water partition coefficient (Wildman–Crippen LogP) is 2.95. The van der Waals surface area contributed by atoms with E-state index in [-0.39, 0.29) is 12.4 Å². The summed E-state index contributed by atoms with van der Waals surface area (Å²) in [7, 11) is 0. The molecule has 0 saturated carbocycles. The van der Waals surface area contributed by atoms with Gasteiger partial charge in [-0.25, -0.2) is 0 Å². The Kier molecular flexibility index (Phi) is 3.42. The maximum absolute atomic E-state index is 12.3. The van der Waals surface area contributed by atoms with Gasteiger partial charge in [0.15, 0.2) is 23.4 Å². The third-order valence-electron chi connectivity index (χ3n) is 3.33. The van der Waals surface area contributed by atoms with Gasteiger partial charge in [0.05, 0.1) is 0 Å². The molecule has 3 rings (SSSR count). The van der Waals surface area contributed by atoms with Crippen LogP contribution in [0.4, 0.5) is 0 Å². The minimum Gasteiger partial charge on any atom is -0.485 e. The first-order chi connectivity index (χ1) is 9.72. The van der Waals surface area contributed by atoms with Crippen LogP contribution in [0.1, 0.15) is 11.1 Å². The second kappa shape index (κ2) is 5.37. The summed E-state index contributed by atoms with van der Waals surface area (Å²) in [6.07, 6.45) is -0.150. The second-order valence-corrected chi connectivity index (χ2v) is 5.00. The minimum absolute atomic E-state index is 0.0464. The Labute approximate surface area is 118 Å². The highest BCUT2D eigenvalue weighted by atomic mass is 16.6. The lowest BCUT2D eigenvalue weighted by Gasteiger charge is -2.25. The van der Waals surface area contributed by atoms with Gasteiger partial charge in [0.1, 0.15) is 6.61 Å². The van der Waals surface area contributed by atoms with Gasteiger partial charge in [0.2, 0.25) is 0 Å². The number of Topliss-reactive ketones (excluding diaryl/α,β-unsaturated/α-hetero) is 1. The van der Waals surface area contributed by atoms with Crippen LogP contribution in [0.3, 0.4) is 0 Å². The van der Waals surface area contributed by atoms with Crippen LogP contribution in [0.15, 0.2) is 48.5 Å². The van der Waals surface area contributed by atoms with Gasteiger partial charge in [-0.15, -0.1) is 0 Å². The molecule has 3 heteroatoms. The van der Waals surface area contributed by atoms with E-state index >= 15 is 0 Å². The van der Waals surface area contributed by atoms with Gasteiger partial charge in [0.25, 0.3) is 0 Å². The molecule has 1 aliphatic heterocycles. The molecule has 0 radical (unpaired) electrons. The molecule has 0 bridgehead atoms.